The number of benzene rings is 2. The lowest BCUT2D eigenvalue weighted by molar-refractivity contribution is 0.184. The Bertz CT molecular complexity index is 1100. The summed E-state index contributed by atoms with van der Waals surface area (Å²) >= 11 is 0. The number of amidine groups is 1. The molecule has 0 atom stereocenters. The molecule has 2 amide bonds. The van der Waals surface area contributed by atoms with E-state index in [-0.39, 0.29) is 17.8 Å². The van der Waals surface area contributed by atoms with E-state index in [1.165, 1.54) is 24.1 Å². The average Bonchev–Trinajstić information content (AvgIpc) is 3.11. The maximum absolute atomic E-state index is 14.2. The zero-order valence-electron chi connectivity index (χ0n) is 21.1. The SMILES string of the molecule is CN(C)c1ccc(CN2CCC3(CC2)C(=NC2CCCCC2)NC(=O)N3c2cc(F)cc(F)c2)cc1. The fraction of sp³-hybridized carbons (Fsp3) is 0.500. The number of urea groups is 1. The lowest BCUT2D eigenvalue weighted by Crippen LogP contribution is -2.57. The molecule has 2 saturated heterocycles. The number of aliphatic imine (C=N–C) groups is 1. The molecule has 1 N–H and O–H groups in total. The molecule has 3 aliphatic rings. The normalized spacial score (nSPS) is 21.8. The highest BCUT2D eigenvalue weighted by Crippen LogP contribution is 2.39. The molecule has 36 heavy (non-hydrogen) atoms. The minimum atomic E-state index is -0.722. The molecule has 6 nitrogen and oxygen atoms in total. The predicted molar refractivity (Wildman–Crippen MR) is 140 cm³/mol. The first kappa shape index (κ1) is 24.7. The molecule has 8 heteroatoms. The number of amides is 2. The van der Waals surface area contributed by atoms with Gasteiger partial charge >= 0.3 is 6.03 Å². The van der Waals surface area contributed by atoms with Crippen molar-refractivity contribution in [2.24, 2.45) is 4.99 Å². The number of halogens is 2. The summed E-state index contributed by atoms with van der Waals surface area (Å²) in [4.78, 5) is 24.3. The second-order valence-corrected chi connectivity index (χ2v) is 10.5. The molecule has 2 aromatic carbocycles. The molecule has 1 spiro atoms. The summed E-state index contributed by atoms with van der Waals surface area (Å²) in [6, 6.07) is 11.7. The van der Waals surface area contributed by atoms with Crippen LogP contribution < -0.4 is 15.1 Å². The van der Waals surface area contributed by atoms with Gasteiger partial charge in [0, 0.05) is 45.5 Å². The number of likely N-dealkylation sites (tertiary alicyclic amines) is 1. The summed E-state index contributed by atoms with van der Waals surface area (Å²) in [7, 11) is 4.05. The highest BCUT2D eigenvalue weighted by Gasteiger charge is 2.53. The van der Waals surface area contributed by atoms with Crippen LogP contribution in [0.5, 0.6) is 0 Å². The summed E-state index contributed by atoms with van der Waals surface area (Å²) in [6.07, 6.45) is 6.82. The van der Waals surface area contributed by atoms with E-state index in [0.717, 1.165) is 57.1 Å². The van der Waals surface area contributed by atoms with Crippen molar-refractivity contribution in [3.63, 3.8) is 0 Å². The molecular weight excluding hydrogens is 460 g/mol. The standard InChI is InChI=1S/C28H35F2N5O/c1-33(2)24-10-8-20(9-11-24)19-34-14-12-28(13-15-34)26(31-23-6-4-3-5-7-23)32-27(36)35(28)25-17-21(29)16-22(30)18-25/h8-11,16-18,23H,3-7,12-15,19H2,1-2H3,(H,31,32,36). The Hall–Kier alpha value is -3.00. The van der Waals surface area contributed by atoms with Crippen LogP contribution in [-0.2, 0) is 6.54 Å². The van der Waals surface area contributed by atoms with Crippen molar-refractivity contribution in [2.75, 3.05) is 37.0 Å². The van der Waals surface area contributed by atoms with Crippen molar-refractivity contribution in [2.45, 2.75) is 63.1 Å². The highest BCUT2D eigenvalue weighted by molar-refractivity contribution is 6.19. The summed E-state index contributed by atoms with van der Waals surface area (Å²) in [5.41, 5.74) is 1.91. The Morgan fingerprint density at radius 1 is 1.00 bits per heavy atom. The lowest BCUT2D eigenvalue weighted by Gasteiger charge is -2.44. The minimum absolute atomic E-state index is 0.184. The second-order valence-electron chi connectivity index (χ2n) is 10.5. The van der Waals surface area contributed by atoms with Gasteiger partial charge in [-0.25, -0.2) is 13.6 Å². The monoisotopic (exact) mass is 495 g/mol. The van der Waals surface area contributed by atoms with E-state index in [1.54, 1.807) is 4.90 Å². The zero-order valence-corrected chi connectivity index (χ0v) is 21.1. The first-order valence-corrected chi connectivity index (χ1v) is 13.0. The number of hydrogen-bond acceptors (Lipinski definition) is 4. The first-order chi connectivity index (χ1) is 17.3. The van der Waals surface area contributed by atoms with Crippen LogP contribution in [0, 0.1) is 11.6 Å². The third-order valence-electron chi connectivity index (χ3n) is 7.83. The van der Waals surface area contributed by atoms with Gasteiger partial charge in [0.15, 0.2) is 0 Å². The van der Waals surface area contributed by atoms with Crippen LogP contribution in [0.25, 0.3) is 0 Å². The smallest absolute Gasteiger partial charge is 0.328 e. The van der Waals surface area contributed by atoms with Crippen LogP contribution in [0.3, 0.4) is 0 Å². The van der Waals surface area contributed by atoms with Gasteiger partial charge in [0.25, 0.3) is 0 Å². The maximum atomic E-state index is 14.2. The Morgan fingerprint density at radius 2 is 1.64 bits per heavy atom. The minimum Gasteiger partial charge on any atom is -0.378 e. The second kappa shape index (κ2) is 10.2. The fourth-order valence-electron chi connectivity index (χ4n) is 5.85. The van der Waals surface area contributed by atoms with Crippen LogP contribution >= 0.6 is 0 Å². The van der Waals surface area contributed by atoms with Gasteiger partial charge in [0.05, 0.1) is 11.7 Å². The number of carbonyl (C=O) groups excluding carboxylic acids is 1. The summed E-state index contributed by atoms with van der Waals surface area (Å²) < 4.78 is 28.4. The Balaban J connectivity index is 1.41. The molecule has 1 aliphatic carbocycles. The average molecular weight is 496 g/mol. The van der Waals surface area contributed by atoms with Crippen molar-refractivity contribution < 1.29 is 13.6 Å². The first-order valence-electron chi connectivity index (χ1n) is 13.0. The van der Waals surface area contributed by atoms with Gasteiger partial charge in [0.1, 0.15) is 23.0 Å². The van der Waals surface area contributed by atoms with E-state index in [2.05, 4.69) is 39.4 Å². The summed E-state index contributed by atoms with van der Waals surface area (Å²) in [5, 5.41) is 3.00. The van der Waals surface area contributed by atoms with Crippen LogP contribution in [0.15, 0.2) is 47.5 Å². The van der Waals surface area contributed by atoms with E-state index in [9.17, 15) is 13.6 Å². The van der Waals surface area contributed by atoms with Gasteiger partial charge in [-0.3, -0.25) is 20.1 Å². The molecule has 0 unspecified atom stereocenters. The third-order valence-corrected chi connectivity index (χ3v) is 7.83. The summed E-state index contributed by atoms with van der Waals surface area (Å²) in [5.74, 6) is -0.715. The number of nitrogens with zero attached hydrogens (tertiary/aromatic N) is 4. The van der Waals surface area contributed by atoms with Crippen LogP contribution in [-0.4, -0.2) is 55.5 Å². The van der Waals surface area contributed by atoms with Gasteiger partial charge in [-0.15, -0.1) is 0 Å². The van der Waals surface area contributed by atoms with Crippen molar-refractivity contribution in [3.05, 3.63) is 59.7 Å². The van der Waals surface area contributed by atoms with Crippen molar-refractivity contribution in [1.29, 1.82) is 0 Å². The molecule has 2 aliphatic heterocycles. The molecular formula is C28H35F2N5O. The molecule has 2 aromatic rings. The Kier molecular flexibility index (Phi) is 6.97. The fourth-order valence-corrected chi connectivity index (χ4v) is 5.85. The van der Waals surface area contributed by atoms with Crippen molar-refractivity contribution >= 4 is 23.2 Å². The van der Waals surface area contributed by atoms with Crippen molar-refractivity contribution in [3.8, 4) is 0 Å². The van der Waals surface area contributed by atoms with E-state index >= 15 is 0 Å². The molecule has 192 valence electrons. The third kappa shape index (κ3) is 4.96. The van der Waals surface area contributed by atoms with E-state index in [1.807, 2.05) is 14.1 Å². The Morgan fingerprint density at radius 3 is 2.25 bits per heavy atom. The maximum Gasteiger partial charge on any atom is 0.328 e. The number of hydrogen-bond donors (Lipinski definition) is 1. The lowest BCUT2D eigenvalue weighted by atomic mass is 9.84. The van der Waals surface area contributed by atoms with E-state index < -0.39 is 17.2 Å². The van der Waals surface area contributed by atoms with Gasteiger partial charge < -0.3 is 4.90 Å². The van der Waals surface area contributed by atoms with Crippen LogP contribution in [0.4, 0.5) is 25.0 Å². The van der Waals surface area contributed by atoms with E-state index in [4.69, 9.17) is 4.99 Å². The molecule has 5 rings (SSSR count). The number of anilines is 2. The highest BCUT2D eigenvalue weighted by atomic mass is 19.1. The Labute approximate surface area is 212 Å². The van der Waals surface area contributed by atoms with Gasteiger partial charge in [-0.05, 0) is 55.5 Å². The molecule has 0 bridgehead atoms. The quantitative estimate of drug-likeness (QED) is 0.610. The van der Waals surface area contributed by atoms with E-state index in [0.29, 0.717) is 18.7 Å². The van der Waals surface area contributed by atoms with Crippen molar-refractivity contribution in [1.82, 2.24) is 10.2 Å². The van der Waals surface area contributed by atoms with Gasteiger partial charge in [0.2, 0.25) is 0 Å². The largest absolute Gasteiger partial charge is 0.378 e. The molecule has 1 saturated carbocycles. The topological polar surface area (TPSA) is 51.2 Å². The van der Waals surface area contributed by atoms with Gasteiger partial charge in [-0.2, -0.15) is 0 Å². The number of rotatable bonds is 5. The molecule has 0 aromatic heterocycles. The van der Waals surface area contributed by atoms with Crippen LogP contribution in [0.1, 0.15) is 50.5 Å². The molecule has 0 radical (unpaired) electrons. The molecule has 3 fully saturated rings. The van der Waals surface area contributed by atoms with Gasteiger partial charge in [-0.1, -0.05) is 31.4 Å². The molecule has 2 heterocycles. The predicted octanol–water partition coefficient (Wildman–Crippen LogP) is 5.33. The van der Waals surface area contributed by atoms with Crippen LogP contribution in [0.2, 0.25) is 0 Å². The number of carbonyl (C=O) groups is 1. The summed E-state index contributed by atoms with van der Waals surface area (Å²) in [6.45, 7) is 2.32. The zero-order chi connectivity index (χ0) is 25.3. The number of piperidine rings is 1. The number of nitrogens with one attached hydrogen (secondary N) is 1.